The maximum Gasteiger partial charge on any atom is 0.257 e. The molecule has 7 heteroatoms. The van der Waals surface area contributed by atoms with Gasteiger partial charge in [0.1, 0.15) is 0 Å². The predicted octanol–water partition coefficient (Wildman–Crippen LogP) is 1.40. The van der Waals surface area contributed by atoms with Gasteiger partial charge in [0.25, 0.3) is 5.91 Å². The van der Waals surface area contributed by atoms with Gasteiger partial charge in [0.15, 0.2) is 5.75 Å². The molecule has 0 heterocycles. The van der Waals surface area contributed by atoms with Crippen LogP contribution in [0.2, 0.25) is 5.02 Å². The van der Waals surface area contributed by atoms with Gasteiger partial charge in [-0.15, -0.1) is 0 Å². The highest BCUT2D eigenvalue weighted by Crippen LogP contribution is 2.34. The lowest BCUT2D eigenvalue weighted by molar-refractivity contribution is 0.0825. The Morgan fingerprint density at radius 2 is 1.86 bits per heavy atom. The van der Waals surface area contributed by atoms with Gasteiger partial charge < -0.3 is 15.3 Å². The first-order chi connectivity index (χ1) is 9.73. The zero-order chi connectivity index (χ0) is 15.9. The highest BCUT2D eigenvalue weighted by Gasteiger charge is 2.21. The van der Waals surface area contributed by atoms with E-state index >= 15 is 0 Å². The standard InChI is InChI=1S/C14H13ClN2O4/c1-6-10(13(20)11(6)18)16-9-5-7(15)4-8(12(9)19)14(21)17(2)3/h4-5,16,19H,1-3H3. The fraction of sp³-hybridized carbons (Fsp3) is 0.214. The topological polar surface area (TPSA) is 86.7 Å². The summed E-state index contributed by atoms with van der Waals surface area (Å²) in [5.74, 6) is -0.759. The molecule has 0 bridgehead atoms. The highest BCUT2D eigenvalue weighted by atomic mass is 35.5. The van der Waals surface area contributed by atoms with Gasteiger partial charge in [0.05, 0.1) is 16.9 Å². The number of aromatic hydroxyl groups is 1. The number of nitrogens with one attached hydrogen (secondary N) is 1. The monoisotopic (exact) mass is 308 g/mol. The molecule has 0 radical (unpaired) electrons. The Balaban J connectivity index is 2.49. The number of nitrogens with zero attached hydrogens (tertiary/aromatic N) is 1. The molecule has 0 aromatic heterocycles. The molecule has 6 nitrogen and oxygen atoms in total. The summed E-state index contributed by atoms with van der Waals surface area (Å²) >= 11 is 5.93. The van der Waals surface area contributed by atoms with E-state index in [9.17, 15) is 19.5 Å². The Morgan fingerprint density at radius 1 is 1.24 bits per heavy atom. The molecule has 0 aliphatic heterocycles. The van der Waals surface area contributed by atoms with Crippen LogP contribution >= 0.6 is 11.6 Å². The predicted molar refractivity (Wildman–Crippen MR) is 80.5 cm³/mol. The van der Waals surface area contributed by atoms with Crippen molar-refractivity contribution in [3.63, 3.8) is 0 Å². The van der Waals surface area contributed by atoms with Gasteiger partial charge in [-0.3, -0.25) is 14.4 Å². The molecule has 0 aliphatic carbocycles. The Morgan fingerprint density at radius 3 is 2.38 bits per heavy atom. The minimum Gasteiger partial charge on any atom is -0.505 e. The average molecular weight is 309 g/mol. The molecule has 0 aliphatic rings. The number of carbonyl (C=O) groups excluding carboxylic acids is 1. The van der Waals surface area contributed by atoms with E-state index in [0.717, 1.165) is 0 Å². The van der Waals surface area contributed by atoms with Gasteiger partial charge in [-0.1, -0.05) is 11.6 Å². The summed E-state index contributed by atoms with van der Waals surface area (Å²) in [6.07, 6.45) is 0. The third-order valence-electron chi connectivity index (χ3n) is 3.12. The first kappa shape index (κ1) is 15.1. The lowest BCUT2D eigenvalue weighted by Crippen LogP contribution is -2.36. The SMILES string of the molecule is Cc1c(Nc2cc(Cl)cc(C(=O)N(C)C)c2O)c(=O)c1=O. The molecule has 21 heavy (non-hydrogen) atoms. The Bertz CT molecular complexity index is 804. The number of phenolic OH excluding ortho intramolecular Hbond substituents is 1. The van der Waals surface area contributed by atoms with Crippen LogP contribution in [0.5, 0.6) is 5.75 Å². The lowest BCUT2D eigenvalue weighted by atomic mass is 10.1. The zero-order valence-electron chi connectivity index (χ0n) is 11.7. The summed E-state index contributed by atoms with van der Waals surface area (Å²) in [7, 11) is 3.08. The molecule has 1 amide bonds. The van der Waals surface area contributed by atoms with E-state index < -0.39 is 16.8 Å². The van der Waals surface area contributed by atoms with Crippen molar-refractivity contribution in [3.8, 4) is 5.75 Å². The number of amides is 1. The largest absolute Gasteiger partial charge is 0.505 e. The quantitative estimate of drug-likeness (QED) is 0.661. The summed E-state index contributed by atoms with van der Waals surface area (Å²) in [6.45, 7) is 1.50. The first-order valence-electron chi connectivity index (χ1n) is 6.05. The maximum atomic E-state index is 12.0. The van der Waals surface area contributed by atoms with Crippen molar-refractivity contribution < 1.29 is 9.90 Å². The highest BCUT2D eigenvalue weighted by molar-refractivity contribution is 6.31. The van der Waals surface area contributed by atoms with Crippen molar-refractivity contribution in [2.45, 2.75) is 6.92 Å². The molecule has 0 saturated heterocycles. The molecule has 2 N–H and O–H groups in total. The van der Waals surface area contributed by atoms with Crippen LogP contribution < -0.4 is 16.2 Å². The smallest absolute Gasteiger partial charge is 0.257 e. The van der Waals surface area contributed by atoms with Gasteiger partial charge in [0.2, 0.25) is 10.9 Å². The number of carbonyl (C=O) groups is 1. The molecule has 0 saturated carbocycles. The molecule has 2 aromatic rings. The van der Waals surface area contributed by atoms with Gasteiger partial charge in [0, 0.05) is 24.7 Å². The molecule has 2 aromatic carbocycles. The fourth-order valence-corrected chi connectivity index (χ4v) is 2.11. The third kappa shape index (κ3) is 2.50. The second-order valence-corrected chi connectivity index (χ2v) is 5.27. The number of hydrogen-bond donors (Lipinski definition) is 2. The third-order valence-corrected chi connectivity index (χ3v) is 3.34. The number of halogens is 1. The molecule has 0 unspecified atom stereocenters. The summed E-state index contributed by atoms with van der Waals surface area (Å²) < 4.78 is 0. The van der Waals surface area contributed by atoms with Gasteiger partial charge in [-0.25, -0.2) is 0 Å². The first-order valence-corrected chi connectivity index (χ1v) is 6.43. The number of benzene rings is 1. The van der Waals surface area contributed by atoms with Crippen molar-refractivity contribution in [1.29, 1.82) is 0 Å². The van der Waals surface area contributed by atoms with E-state index in [0.29, 0.717) is 0 Å². The van der Waals surface area contributed by atoms with Crippen molar-refractivity contribution >= 4 is 28.9 Å². The van der Waals surface area contributed by atoms with E-state index in [1.165, 1.54) is 38.1 Å². The minimum atomic E-state index is -0.660. The van der Waals surface area contributed by atoms with Crippen molar-refractivity contribution in [1.82, 2.24) is 4.90 Å². The van der Waals surface area contributed by atoms with Gasteiger partial charge in [-0.2, -0.15) is 0 Å². The Labute approximate surface area is 125 Å². The van der Waals surface area contributed by atoms with E-state index in [-0.39, 0.29) is 33.3 Å². The summed E-state index contributed by atoms with van der Waals surface area (Å²) in [5.41, 5.74) is -0.745. The number of anilines is 2. The molecular formula is C14H13ClN2O4. The fourth-order valence-electron chi connectivity index (χ4n) is 1.89. The minimum absolute atomic E-state index is 0.00588. The van der Waals surface area contributed by atoms with Crippen LogP contribution in [0.4, 0.5) is 11.4 Å². The molecular weight excluding hydrogens is 296 g/mol. The zero-order valence-corrected chi connectivity index (χ0v) is 12.4. The van der Waals surface area contributed by atoms with Crippen molar-refractivity contribution in [2.24, 2.45) is 0 Å². The van der Waals surface area contributed by atoms with E-state index in [4.69, 9.17) is 11.6 Å². The average Bonchev–Trinajstić information content (AvgIpc) is 2.45. The summed E-state index contributed by atoms with van der Waals surface area (Å²) in [4.78, 5) is 35.9. The summed E-state index contributed by atoms with van der Waals surface area (Å²) in [6, 6.07) is 2.71. The summed E-state index contributed by atoms with van der Waals surface area (Å²) in [5, 5.41) is 13.0. The Hall–Kier alpha value is -2.34. The molecule has 0 atom stereocenters. The van der Waals surface area contributed by atoms with Crippen molar-refractivity contribution in [3.05, 3.63) is 48.7 Å². The van der Waals surface area contributed by atoms with Crippen molar-refractivity contribution in [2.75, 3.05) is 19.4 Å². The normalized spacial score (nSPS) is 10.7. The molecule has 0 fully saturated rings. The van der Waals surface area contributed by atoms with E-state index in [1.54, 1.807) is 0 Å². The molecule has 110 valence electrons. The van der Waals surface area contributed by atoms with Crippen LogP contribution in [0.3, 0.4) is 0 Å². The van der Waals surface area contributed by atoms with Crippen LogP contribution in [0.15, 0.2) is 21.7 Å². The van der Waals surface area contributed by atoms with Gasteiger partial charge >= 0.3 is 0 Å². The number of phenols is 1. The van der Waals surface area contributed by atoms with E-state index in [1.807, 2.05) is 0 Å². The van der Waals surface area contributed by atoms with Crippen LogP contribution in [0.1, 0.15) is 15.9 Å². The number of rotatable bonds is 3. The molecule has 2 rings (SSSR count). The second-order valence-electron chi connectivity index (χ2n) is 4.83. The van der Waals surface area contributed by atoms with Crippen LogP contribution in [0.25, 0.3) is 0 Å². The van der Waals surface area contributed by atoms with Crippen LogP contribution in [0, 0.1) is 6.92 Å². The molecule has 0 spiro atoms. The second kappa shape index (κ2) is 5.21. The van der Waals surface area contributed by atoms with Gasteiger partial charge in [-0.05, 0) is 19.1 Å². The van der Waals surface area contributed by atoms with Crippen LogP contribution in [-0.2, 0) is 0 Å². The maximum absolute atomic E-state index is 12.0. The van der Waals surface area contributed by atoms with Crippen LogP contribution in [-0.4, -0.2) is 30.0 Å². The number of hydrogen-bond acceptors (Lipinski definition) is 5. The Kier molecular flexibility index (Phi) is 3.74. The van der Waals surface area contributed by atoms with E-state index in [2.05, 4.69) is 5.32 Å². The lowest BCUT2D eigenvalue weighted by Gasteiger charge is -2.16.